The maximum absolute atomic E-state index is 11.4. The Labute approximate surface area is 136 Å². The lowest BCUT2D eigenvalue weighted by atomic mass is 9.73. The second kappa shape index (κ2) is 5.41. The van der Waals surface area contributed by atoms with Crippen LogP contribution in [0.1, 0.15) is 41.5 Å². The van der Waals surface area contributed by atoms with Gasteiger partial charge >= 0.3 is 11.9 Å². The van der Waals surface area contributed by atoms with Gasteiger partial charge in [0.15, 0.2) is 0 Å². The fourth-order valence-corrected chi connectivity index (χ4v) is 3.28. The minimum atomic E-state index is -1.02. The van der Waals surface area contributed by atoms with Crippen LogP contribution in [-0.4, -0.2) is 22.6 Å². The van der Waals surface area contributed by atoms with Crippen molar-refractivity contribution < 1.29 is 24.2 Å². The lowest BCUT2D eigenvalue weighted by Crippen LogP contribution is -2.26. The summed E-state index contributed by atoms with van der Waals surface area (Å²) in [6.07, 6.45) is 4.46. The largest absolute Gasteiger partial charge is 0.479 e. The van der Waals surface area contributed by atoms with Crippen molar-refractivity contribution in [1.82, 2.24) is 0 Å². The van der Waals surface area contributed by atoms with Crippen molar-refractivity contribution in [3.05, 3.63) is 46.5 Å². The molecular formula is C18H22O5. The highest BCUT2D eigenvalue weighted by molar-refractivity contribution is 5.80. The van der Waals surface area contributed by atoms with Gasteiger partial charge < -0.3 is 14.6 Å². The first-order valence-corrected chi connectivity index (χ1v) is 7.44. The normalized spacial score (nSPS) is 26.1. The summed E-state index contributed by atoms with van der Waals surface area (Å²) in [5, 5.41) is 8.88. The number of fused-ring (bicyclic) bond motifs is 1. The molecule has 2 aliphatic rings. The molecule has 0 aromatic rings. The van der Waals surface area contributed by atoms with Crippen LogP contribution >= 0.6 is 0 Å². The average molecular weight is 318 g/mol. The fraction of sp³-hybridized carbons (Fsp3) is 0.444. The smallest absolute Gasteiger partial charge is 0.328 e. The van der Waals surface area contributed by atoms with E-state index in [0.29, 0.717) is 11.5 Å². The van der Waals surface area contributed by atoms with E-state index in [1.165, 1.54) is 13.0 Å². The summed E-state index contributed by atoms with van der Waals surface area (Å²) in [7, 11) is 0. The summed E-state index contributed by atoms with van der Waals surface area (Å²) in [5.74, 6) is -0.0998. The van der Waals surface area contributed by atoms with Crippen molar-refractivity contribution in [2.24, 2.45) is 5.41 Å². The number of carboxylic acid groups (broad SMARTS) is 1. The highest BCUT2D eigenvalue weighted by atomic mass is 16.5. The maximum atomic E-state index is 11.4. The number of allylic oxidation sites excluding steroid dienone is 4. The Bertz CT molecular complexity index is 703. The van der Waals surface area contributed by atoms with Crippen LogP contribution in [0.5, 0.6) is 0 Å². The van der Waals surface area contributed by atoms with Gasteiger partial charge in [-0.15, -0.1) is 0 Å². The van der Waals surface area contributed by atoms with E-state index in [1.54, 1.807) is 0 Å². The highest BCUT2D eigenvalue weighted by Gasteiger charge is 2.47. The quantitative estimate of drug-likeness (QED) is 0.637. The molecule has 0 aromatic heterocycles. The molecule has 0 saturated heterocycles. The molecule has 0 bridgehead atoms. The topological polar surface area (TPSA) is 72.8 Å². The van der Waals surface area contributed by atoms with Gasteiger partial charge in [-0.3, -0.25) is 4.79 Å². The lowest BCUT2D eigenvalue weighted by Gasteiger charge is -2.33. The number of carbonyl (C=O) groups is 2. The molecule has 1 aliphatic heterocycles. The molecular weight excluding hydrogens is 296 g/mol. The van der Waals surface area contributed by atoms with Gasteiger partial charge in [0.2, 0.25) is 0 Å². The van der Waals surface area contributed by atoms with E-state index >= 15 is 0 Å². The Kier molecular flexibility index (Phi) is 4.01. The van der Waals surface area contributed by atoms with Gasteiger partial charge in [-0.05, 0) is 57.9 Å². The second-order valence-electron chi connectivity index (χ2n) is 6.62. The summed E-state index contributed by atoms with van der Waals surface area (Å²) in [6.45, 7) is 10.9. The molecule has 0 aromatic carbocycles. The summed E-state index contributed by atoms with van der Waals surface area (Å²) in [6, 6.07) is 0. The number of aliphatic carboxylic acids is 1. The van der Waals surface area contributed by atoms with Crippen LogP contribution in [0, 0.1) is 5.41 Å². The van der Waals surface area contributed by atoms with Gasteiger partial charge in [0.25, 0.3) is 0 Å². The summed E-state index contributed by atoms with van der Waals surface area (Å²) in [5.41, 5.74) is 1.28. The molecule has 124 valence electrons. The van der Waals surface area contributed by atoms with E-state index in [9.17, 15) is 9.59 Å². The van der Waals surface area contributed by atoms with Gasteiger partial charge in [0.1, 0.15) is 17.1 Å². The SMILES string of the molecule is CC(=O)OC1=C(C)C=C2OC(C)(C=CC(=O)O)C(C)=C2C1(C)C. The van der Waals surface area contributed by atoms with Crippen LogP contribution < -0.4 is 0 Å². The van der Waals surface area contributed by atoms with Crippen LogP contribution in [0.4, 0.5) is 0 Å². The van der Waals surface area contributed by atoms with Crippen LogP contribution in [0.25, 0.3) is 0 Å². The van der Waals surface area contributed by atoms with Crippen molar-refractivity contribution in [2.75, 3.05) is 0 Å². The second-order valence-corrected chi connectivity index (χ2v) is 6.62. The van der Waals surface area contributed by atoms with Crippen LogP contribution in [0.15, 0.2) is 46.5 Å². The van der Waals surface area contributed by atoms with Crippen molar-refractivity contribution in [3.63, 3.8) is 0 Å². The first-order chi connectivity index (χ1) is 10.5. The third-order valence-electron chi connectivity index (χ3n) is 4.38. The van der Waals surface area contributed by atoms with E-state index < -0.39 is 17.0 Å². The average Bonchev–Trinajstić information content (AvgIpc) is 2.65. The molecule has 1 N–H and O–H groups in total. The molecule has 1 unspecified atom stereocenters. The van der Waals surface area contributed by atoms with E-state index in [2.05, 4.69) is 0 Å². The number of hydrogen-bond donors (Lipinski definition) is 1. The van der Waals surface area contributed by atoms with Gasteiger partial charge in [0.05, 0.1) is 5.41 Å². The molecule has 0 saturated carbocycles. The molecule has 0 radical (unpaired) electrons. The molecule has 0 spiro atoms. The highest BCUT2D eigenvalue weighted by Crippen LogP contribution is 2.53. The van der Waals surface area contributed by atoms with Gasteiger partial charge in [0, 0.05) is 18.6 Å². The summed E-state index contributed by atoms with van der Waals surface area (Å²) < 4.78 is 11.5. The minimum Gasteiger partial charge on any atom is -0.479 e. The Morgan fingerprint density at radius 3 is 2.39 bits per heavy atom. The Hall–Kier alpha value is -2.30. The third kappa shape index (κ3) is 2.83. The molecule has 1 aliphatic carbocycles. The van der Waals surface area contributed by atoms with Crippen molar-refractivity contribution in [1.29, 1.82) is 0 Å². The molecule has 1 heterocycles. The molecule has 2 rings (SSSR count). The van der Waals surface area contributed by atoms with E-state index in [1.807, 2.05) is 40.7 Å². The first-order valence-electron chi connectivity index (χ1n) is 7.44. The predicted octanol–water partition coefficient (Wildman–Crippen LogP) is 3.49. The number of hydrogen-bond acceptors (Lipinski definition) is 4. The Morgan fingerprint density at radius 2 is 1.87 bits per heavy atom. The summed E-state index contributed by atoms with van der Waals surface area (Å²) in [4.78, 5) is 22.3. The molecule has 5 nitrogen and oxygen atoms in total. The van der Waals surface area contributed by atoms with Gasteiger partial charge in [-0.1, -0.05) is 0 Å². The zero-order valence-corrected chi connectivity index (χ0v) is 14.3. The van der Waals surface area contributed by atoms with Crippen LogP contribution in [0.2, 0.25) is 0 Å². The van der Waals surface area contributed by atoms with Gasteiger partial charge in [-0.25, -0.2) is 4.79 Å². The molecule has 1 atom stereocenters. The van der Waals surface area contributed by atoms with Crippen molar-refractivity contribution in [2.45, 2.75) is 47.1 Å². The van der Waals surface area contributed by atoms with Crippen molar-refractivity contribution >= 4 is 11.9 Å². The standard InChI is InChI=1S/C18H22O5/c1-10-9-13-15(17(4,5)16(10)22-12(3)19)11(2)18(6,23-13)8-7-14(20)21/h7-9H,1-6H3,(H,20,21). The number of carboxylic acids is 1. The molecule has 5 heteroatoms. The van der Waals surface area contributed by atoms with Crippen LogP contribution in [-0.2, 0) is 19.1 Å². The van der Waals surface area contributed by atoms with Crippen LogP contribution in [0.3, 0.4) is 0 Å². The zero-order chi connectivity index (χ0) is 17.6. The third-order valence-corrected chi connectivity index (χ3v) is 4.38. The Morgan fingerprint density at radius 1 is 1.26 bits per heavy atom. The predicted molar refractivity (Wildman–Crippen MR) is 85.3 cm³/mol. The van der Waals surface area contributed by atoms with E-state index in [0.717, 1.165) is 22.8 Å². The van der Waals surface area contributed by atoms with E-state index in [-0.39, 0.29) is 5.97 Å². The molecule has 0 fully saturated rings. The number of esters is 1. The molecule has 0 amide bonds. The number of ether oxygens (including phenoxy) is 2. The lowest BCUT2D eigenvalue weighted by molar-refractivity contribution is -0.138. The summed E-state index contributed by atoms with van der Waals surface area (Å²) >= 11 is 0. The number of carbonyl (C=O) groups excluding carboxylic acids is 1. The van der Waals surface area contributed by atoms with E-state index in [4.69, 9.17) is 14.6 Å². The monoisotopic (exact) mass is 318 g/mol. The van der Waals surface area contributed by atoms with Gasteiger partial charge in [-0.2, -0.15) is 0 Å². The number of rotatable bonds is 3. The molecule has 23 heavy (non-hydrogen) atoms. The zero-order valence-electron chi connectivity index (χ0n) is 14.3. The Balaban J connectivity index is 2.57. The first kappa shape index (κ1) is 17.1. The maximum Gasteiger partial charge on any atom is 0.328 e. The fourth-order valence-electron chi connectivity index (χ4n) is 3.28. The minimum absolute atomic E-state index is 0.366. The van der Waals surface area contributed by atoms with Crippen molar-refractivity contribution in [3.8, 4) is 0 Å².